The van der Waals surface area contributed by atoms with Crippen molar-refractivity contribution in [3.8, 4) is 5.75 Å². The second-order valence-corrected chi connectivity index (χ2v) is 6.15. The molecule has 2 aromatic rings. The molecule has 1 heterocycles. The molecule has 2 nitrogen and oxygen atoms in total. The van der Waals surface area contributed by atoms with Gasteiger partial charge in [-0.05, 0) is 66.1 Å². The van der Waals surface area contributed by atoms with Crippen LogP contribution in [0.25, 0.3) is 0 Å². The third-order valence-corrected chi connectivity index (χ3v) is 5.00. The largest absolute Gasteiger partial charge is 0.473 e. The van der Waals surface area contributed by atoms with E-state index in [1.165, 1.54) is 59.2 Å². The standard InChI is InChI=1S/C18H17NO/c1-2-14-8-17(6-5-12(1)14)19-10-16-7-13-3-4-15(13)9-18(16)20-11-19/h5-9H,1-4,10-11H2. The molecule has 0 saturated carbocycles. The lowest BCUT2D eigenvalue weighted by Gasteiger charge is -2.34. The van der Waals surface area contributed by atoms with Gasteiger partial charge in [0, 0.05) is 17.8 Å². The Hall–Kier alpha value is -1.96. The van der Waals surface area contributed by atoms with Gasteiger partial charge in [-0.1, -0.05) is 12.1 Å². The van der Waals surface area contributed by atoms with Crippen LogP contribution in [-0.2, 0) is 32.2 Å². The highest BCUT2D eigenvalue weighted by molar-refractivity contribution is 5.56. The third kappa shape index (κ3) is 1.45. The summed E-state index contributed by atoms with van der Waals surface area (Å²) in [4.78, 5) is 2.34. The summed E-state index contributed by atoms with van der Waals surface area (Å²) in [6.45, 7) is 1.64. The minimum atomic E-state index is 0.671. The number of rotatable bonds is 1. The molecule has 20 heavy (non-hydrogen) atoms. The predicted octanol–water partition coefficient (Wildman–Crippen LogP) is 3.24. The maximum atomic E-state index is 5.97. The molecule has 0 aromatic heterocycles. The van der Waals surface area contributed by atoms with Crippen molar-refractivity contribution in [2.45, 2.75) is 32.2 Å². The SMILES string of the molecule is c1cc2c(cc1N1COc3cc4c(cc3C1)CC4)CC2. The zero-order valence-electron chi connectivity index (χ0n) is 11.5. The average molecular weight is 263 g/mol. The Kier molecular flexibility index (Phi) is 2.04. The van der Waals surface area contributed by atoms with Crippen LogP contribution in [0, 0.1) is 0 Å². The summed E-state index contributed by atoms with van der Waals surface area (Å²) in [6, 6.07) is 11.5. The predicted molar refractivity (Wildman–Crippen MR) is 79.4 cm³/mol. The molecule has 0 unspecified atom stereocenters. The quantitative estimate of drug-likeness (QED) is 0.783. The van der Waals surface area contributed by atoms with E-state index in [0.717, 1.165) is 12.3 Å². The Morgan fingerprint density at radius 3 is 2.25 bits per heavy atom. The van der Waals surface area contributed by atoms with E-state index in [4.69, 9.17) is 4.74 Å². The molecule has 100 valence electrons. The molecule has 0 bridgehead atoms. The van der Waals surface area contributed by atoms with Crippen LogP contribution in [0.4, 0.5) is 5.69 Å². The first-order valence-electron chi connectivity index (χ1n) is 7.51. The van der Waals surface area contributed by atoms with Crippen LogP contribution < -0.4 is 9.64 Å². The molecule has 5 rings (SSSR count). The number of aryl methyl sites for hydroxylation is 4. The highest BCUT2D eigenvalue weighted by atomic mass is 16.5. The van der Waals surface area contributed by atoms with Crippen LogP contribution in [0.5, 0.6) is 5.75 Å². The lowest BCUT2D eigenvalue weighted by Crippen LogP contribution is -2.32. The van der Waals surface area contributed by atoms with Gasteiger partial charge >= 0.3 is 0 Å². The number of fused-ring (bicyclic) bond motifs is 3. The van der Waals surface area contributed by atoms with E-state index < -0.39 is 0 Å². The first-order chi connectivity index (χ1) is 9.87. The molecular formula is C18H17NO. The maximum Gasteiger partial charge on any atom is 0.161 e. The Morgan fingerprint density at radius 2 is 1.50 bits per heavy atom. The van der Waals surface area contributed by atoms with Crippen molar-refractivity contribution in [1.82, 2.24) is 0 Å². The number of anilines is 1. The number of ether oxygens (including phenoxy) is 1. The molecule has 0 radical (unpaired) electrons. The van der Waals surface area contributed by atoms with Gasteiger partial charge in [-0.3, -0.25) is 0 Å². The summed E-state index contributed by atoms with van der Waals surface area (Å²) < 4.78 is 5.97. The fraction of sp³-hybridized carbons (Fsp3) is 0.333. The van der Waals surface area contributed by atoms with Crippen LogP contribution in [0.15, 0.2) is 30.3 Å². The molecule has 0 atom stereocenters. The van der Waals surface area contributed by atoms with E-state index in [1.807, 2.05) is 0 Å². The van der Waals surface area contributed by atoms with Crippen molar-refractivity contribution in [1.29, 1.82) is 0 Å². The smallest absolute Gasteiger partial charge is 0.161 e. The van der Waals surface area contributed by atoms with Gasteiger partial charge in [0.15, 0.2) is 6.73 Å². The molecular weight excluding hydrogens is 246 g/mol. The van der Waals surface area contributed by atoms with Gasteiger partial charge < -0.3 is 9.64 Å². The second kappa shape index (κ2) is 3.78. The van der Waals surface area contributed by atoms with Gasteiger partial charge in [0.25, 0.3) is 0 Å². The number of hydrogen-bond donors (Lipinski definition) is 0. The van der Waals surface area contributed by atoms with E-state index in [9.17, 15) is 0 Å². The van der Waals surface area contributed by atoms with E-state index in [2.05, 4.69) is 35.2 Å². The van der Waals surface area contributed by atoms with Crippen LogP contribution >= 0.6 is 0 Å². The Bertz CT molecular complexity index is 720. The van der Waals surface area contributed by atoms with Crippen molar-refractivity contribution in [2.24, 2.45) is 0 Å². The Labute approximate surface area is 119 Å². The van der Waals surface area contributed by atoms with Gasteiger partial charge in [0.05, 0.1) is 0 Å². The number of nitrogens with zero attached hydrogens (tertiary/aromatic N) is 1. The minimum Gasteiger partial charge on any atom is -0.473 e. The Balaban J connectivity index is 1.48. The summed E-state index contributed by atoms with van der Waals surface area (Å²) in [5, 5.41) is 0. The van der Waals surface area contributed by atoms with E-state index in [-0.39, 0.29) is 0 Å². The normalized spacial score (nSPS) is 18.1. The first-order valence-corrected chi connectivity index (χ1v) is 7.51. The first kappa shape index (κ1) is 10.8. The van der Waals surface area contributed by atoms with Crippen LogP contribution in [0.3, 0.4) is 0 Å². The average Bonchev–Trinajstić information content (AvgIpc) is 2.42. The Morgan fingerprint density at radius 1 is 0.750 bits per heavy atom. The highest BCUT2D eigenvalue weighted by Gasteiger charge is 2.23. The molecule has 2 heteroatoms. The molecule has 2 aliphatic carbocycles. The fourth-order valence-corrected chi connectivity index (χ4v) is 3.48. The van der Waals surface area contributed by atoms with Gasteiger partial charge in [-0.25, -0.2) is 0 Å². The van der Waals surface area contributed by atoms with Crippen LogP contribution in [0.1, 0.15) is 27.8 Å². The lowest BCUT2D eigenvalue weighted by atomic mass is 9.86. The molecule has 1 aliphatic heterocycles. The van der Waals surface area contributed by atoms with Gasteiger partial charge in [-0.15, -0.1) is 0 Å². The van der Waals surface area contributed by atoms with Crippen LogP contribution in [0.2, 0.25) is 0 Å². The molecule has 0 N–H and O–H groups in total. The van der Waals surface area contributed by atoms with Crippen molar-refractivity contribution < 1.29 is 4.74 Å². The van der Waals surface area contributed by atoms with Gasteiger partial charge in [-0.2, -0.15) is 0 Å². The van der Waals surface area contributed by atoms with Crippen molar-refractivity contribution in [2.75, 3.05) is 11.6 Å². The molecule has 0 fully saturated rings. The third-order valence-electron chi connectivity index (χ3n) is 5.00. The topological polar surface area (TPSA) is 12.5 Å². The van der Waals surface area contributed by atoms with Crippen LogP contribution in [-0.4, -0.2) is 6.73 Å². The van der Waals surface area contributed by atoms with E-state index in [0.29, 0.717) is 6.73 Å². The summed E-state index contributed by atoms with van der Waals surface area (Å²) in [5.74, 6) is 1.10. The second-order valence-electron chi connectivity index (χ2n) is 6.15. The maximum absolute atomic E-state index is 5.97. The highest BCUT2D eigenvalue weighted by Crippen LogP contribution is 2.36. The number of hydrogen-bond acceptors (Lipinski definition) is 2. The molecule has 0 amide bonds. The fourth-order valence-electron chi connectivity index (χ4n) is 3.48. The van der Waals surface area contributed by atoms with E-state index >= 15 is 0 Å². The molecule has 2 aromatic carbocycles. The lowest BCUT2D eigenvalue weighted by molar-refractivity contribution is 0.288. The molecule has 3 aliphatic rings. The van der Waals surface area contributed by atoms with Crippen molar-refractivity contribution in [3.05, 3.63) is 58.1 Å². The molecule has 0 saturated heterocycles. The summed E-state index contributed by atoms with van der Waals surface area (Å²) in [7, 11) is 0. The summed E-state index contributed by atoms with van der Waals surface area (Å²) in [5.41, 5.74) is 8.69. The monoisotopic (exact) mass is 263 g/mol. The summed E-state index contributed by atoms with van der Waals surface area (Å²) >= 11 is 0. The number of benzene rings is 2. The van der Waals surface area contributed by atoms with Gasteiger partial charge in [0.1, 0.15) is 5.75 Å². The minimum absolute atomic E-state index is 0.671. The molecule has 0 spiro atoms. The van der Waals surface area contributed by atoms with E-state index in [1.54, 1.807) is 0 Å². The zero-order chi connectivity index (χ0) is 13.1. The zero-order valence-corrected chi connectivity index (χ0v) is 11.5. The van der Waals surface area contributed by atoms with Gasteiger partial charge in [0.2, 0.25) is 0 Å². The van der Waals surface area contributed by atoms with Crippen molar-refractivity contribution >= 4 is 5.69 Å². The van der Waals surface area contributed by atoms with Crippen molar-refractivity contribution in [3.63, 3.8) is 0 Å². The summed E-state index contributed by atoms with van der Waals surface area (Å²) in [6.07, 6.45) is 4.95.